The summed E-state index contributed by atoms with van der Waals surface area (Å²) in [6, 6.07) is 15.2. The molecule has 0 bridgehead atoms. The average Bonchev–Trinajstić information content (AvgIpc) is 3.30. The second-order valence-electron chi connectivity index (χ2n) is 5.37. The van der Waals surface area contributed by atoms with Crippen LogP contribution in [0.3, 0.4) is 0 Å². The quantitative estimate of drug-likeness (QED) is 0.333. The van der Waals surface area contributed by atoms with E-state index in [0.29, 0.717) is 0 Å². The van der Waals surface area contributed by atoms with Gasteiger partial charge in [-0.3, -0.25) is 6.08 Å². The van der Waals surface area contributed by atoms with Crippen LogP contribution >= 0.6 is 11.6 Å². The summed E-state index contributed by atoms with van der Waals surface area (Å²) in [5.41, 5.74) is 3.85. The number of alkyl halides is 1. The third kappa shape index (κ3) is 5.40. The van der Waals surface area contributed by atoms with E-state index in [9.17, 15) is 0 Å². The molecule has 122 valence electrons. The van der Waals surface area contributed by atoms with Gasteiger partial charge in [0.2, 0.25) is 0 Å². The van der Waals surface area contributed by atoms with Crippen molar-refractivity contribution < 1.29 is 26.2 Å². The number of halogens is 1. The molecule has 0 saturated heterocycles. The summed E-state index contributed by atoms with van der Waals surface area (Å²) in [4.78, 5) is 0. The third-order valence-corrected chi connectivity index (χ3v) is 3.62. The molecular weight excluding hydrogens is 393 g/mol. The van der Waals surface area contributed by atoms with Gasteiger partial charge in [-0.25, -0.2) is 12.2 Å². The maximum Gasteiger partial charge on any atom is 2.00 e. The zero-order valence-corrected chi connectivity index (χ0v) is 17.6. The van der Waals surface area contributed by atoms with Gasteiger partial charge in [0.15, 0.2) is 0 Å². The van der Waals surface area contributed by atoms with Crippen molar-refractivity contribution in [2.24, 2.45) is 0 Å². The van der Waals surface area contributed by atoms with Gasteiger partial charge in [-0.05, 0) is 31.2 Å². The van der Waals surface area contributed by atoms with Gasteiger partial charge >= 0.3 is 26.2 Å². The van der Waals surface area contributed by atoms with E-state index in [1.54, 1.807) is 0 Å². The topological polar surface area (TPSA) is 4.93 Å². The third-order valence-electron chi connectivity index (χ3n) is 3.62. The maximum atomic E-state index is 4.64. The van der Waals surface area contributed by atoms with Crippen LogP contribution in [0.25, 0.3) is 16.5 Å². The van der Waals surface area contributed by atoms with Gasteiger partial charge in [0.25, 0.3) is 0 Å². The van der Waals surface area contributed by atoms with E-state index < -0.39 is 0 Å². The molecule has 0 spiro atoms. The zero-order chi connectivity index (χ0) is 16.7. The molecule has 1 nitrogen and oxygen atoms in total. The van der Waals surface area contributed by atoms with E-state index in [1.807, 2.05) is 12.2 Å². The van der Waals surface area contributed by atoms with Crippen molar-refractivity contribution in [2.45, 2.75) is 20.3 Å². The molecule has 0 amide bonds. The van der Waals surface area contributed by atoms with Crippen LogP contribution in [0.1, 0.15) is 17.7 Å². The van der Waals surface area contributed by atoms with Gasteiger partial charge in [0.1, 0.15) is 0 Å². The molecular formula is C21H22ClNZr. The monoisotopic (exact) mass is 413 g/mol. The number of nitrogens with zero attached hydrogens (tertiary/aromatic N) is 1. The maximum absolute atomic E-state index is 4.64. The van der Waals surface area contributed by atoms with E-state index in [-0.39, 0.29) is 26.2 Å². The summed E-state index contributed by atoms with van der Waals surface area (Å²) >= 11 is 4.64. The van der Waals surface area contributed by atoms with Crippen molar-refractivity contribution in [3.8, 4) is 5.69 Å². The van der Waals surface area contributed by atoms with Crippen LogP contribution in [0.15, 0.2) is 66.9 Å². The van der Waals surface area contributed by atoms with Gasteiger partial charge in [-0.1, -0.05) is 6.07 Å². The van der Waals surface area contributed by atoms with Crippen LogP contribution in [0.4, 0.5) is 0 Å². The molecule has 4 rings (SSSR count). The molecule has 1 aromatic heterocycles. The summed E-state index contributed by atoms with van der Waals surface area (Å²) in [6.45, 7) is 4.27. The Bertz CT molecular complexity index is 765. The van der Waals surface area contributed by atoms with Crippen LogP contribution in [0, 0.1) is 19.9 Å². The molecule has 0 saturated carbocycles. The van der Waals surface area contributed by atoms with Crippen molar-refractivity contribution in [1.29, 1.82) is 0 Å². The number of fused-ring (bicyclic) bond motifs is 1. The van der Waals surface area contributed by atoms with E-state index in [0.717, 1.165) is 6.42 Å². The van der Waals surface area contributed by atoms with Crippen LogP contribution in [-0.4, -0.2) is 11.0 Å². The molecule has 0 atom stereocenters. The van der Waals surface area contributed by atoms with E-state index >= 15 is 0 Å². The van der Waals surface area contributed by atoms with Gasteiger partial charge in [-0.15, -0.1) is 59.1 Å². The van der Waals surface area contributed by atoms with Crippen molar-refractivity contribution in [3.05, 3.63) is 84.2 Å². The molecule has 24 heavy (non-hydrogen) atoms. The van der Waals surface area contributed by atoms with Crippen molar-refractivity contribution in [3.63, 3.8) is 0 Å². The summed E-state index contributed by atoms with van der Waals surface area (Å²) in [5, 5.41) is 2.62. The SMILES string of the molecule is CCl.Cc1cc(C)n(-c2cc3ccccc3[cH-]2)c1.[C-]1=CC=CC1.[Zr+2]. The Labute approximate surface area is 169 Å². The average molecular weight is 415 g/mol. The number of hydrogen-bond acceptors (Lipinski definition) is 0. The summed E-state index contributed by atoms with van der Waals surface area (Å²) in [7, 11) is 0. The van der Waals surface area contributed by atoms with Crippen LogP contribution < -0.4 is 0 Å². The Balaban J connectivity index is 0.000000307. The number of benzene rings is 1. The molecule has 3 aromatic rings. The van der Waals surface area contributed by atoms with Crippen molar-refractivity contribution in [1.82, 2.24) is 4.57 Å². The number of rotatable bonds is 1. The van der Waals surface area contributed by atoms with Gasteiger partial charge < -0.3 is 4.57 Å². The van der Waals surface area contributed by atoms with Gasteiger partial charge in [0.05, 0.1) is 0 Å². The Hall–Kier alpha value is -1.24. The Kier molecular flexibility index (Phi) is 9.18. The molecule has 0 N–H and O–H groups in total. The first kappa shape index (κ1) is 20.8. The molecule has 1 aliphatic carbocycles. The number of aromatic nitrogens is 1. The first-order valence-corrected chi connectivity index (χ1v) is 8.40. The number of hydrogen-bond donors (Lipinski definition) is 0. The molecule has 2 aromatic carbocycles. The molecule has 0 fully saturated rings. The largest absolute Gasteiger partial charge is 2.00 e. The Morgan fingerprint density at radius 2 is 1.88 bits per heavy atom. The zero-order valence-electron chi connectivity index (χ0n) is 14.4. The van der Waals surface area contributed by atoms with E-state index in [2.05, 4.69) is 90.8 Å². The van der Waals surface area contributed by atoms with Crippen LogP contribution in [-0.2, 0) is 26.2 Å². The molecule has 0 aliphatic heterocycles. The van der Waals surface area contributed by atoms with Crippen LogP contribution in [0.5, 0.6) is 0 Å². The summed E-state index contributed by atoms with van der Waals surface area (Å²) in [5.74, 6) is 0. The normalized spacial score (nSPS) is 11.3. The fraction of sp³-hybridized carbons (Fsp3) is 0.190. The number of allylic oxidation sites excluding steroid dienone is 4. The fourth-order valence-corrected chi connectivity index (χ4v) is 2.63. The van der Waals surface area contributed by atoms with Gasteiger partial charge in [-0.2, -0.15) is 6.08 Å². The molecule has 1 aliphatic rings. The van der Waals surface area contributed by atoms with Gasteiger partial charge in [0, 0.05) is 18.3 Å². The summed E-state index contributed by atoms with van der Waals surface area (Å²) in [6.07, 6.45) is 13.7. The second-order valence-corrected chi connectivity index (χ2v) is 5.37. The van der Waals surface area contributed by atoms with E-state index in [4.69, 9.17) is 0 Å². The summed E-state index contributed by atoms with van der Waals surface area (Å²) < 4.78 is 2.25. The predicted octanol–water partition coefficient (Wildman–Crippen LogP) is 6.12. The van der Waals surface area contributed by atoms with E-state index in [1.165, 1.54) is 34.1 Å². The molecule has 3 heteroatoms. The minimum atomic E-state index is 0. The second kappa shape index (κ2) is 10.6. The predicted molar refractivity (Wildman–Crippen MR) is 102 cm³/mol. The van der Waals surface area contributed by atoms with Crippen molar-refractivity contribution in [2.75, 3.05) is 6.38 Å². The number of aryl methyl sites for hydroxylation is 2. The smallest absolute Gasteiger partial charge is 0.339 e. The fourth-order valence-electron chi connectivity index (χ4n) is 2.63. The minimum Gasteiger partial charge on any atom is -0.339 e. The Morgan fingerprint density at radius 3 is 2.38 bits per heavy atom. The first-order chi connectivity index (χ1) is 11.2. The van der Waals surface area contributed by atoms with Crippen LogP contribution in [0.2, 0.25) is 0 Å². The Morgan fingerprint density at radius 1 is 1.12 bits per heavy atom. The first-order valence-electron chi connectivity index (χ1n) is 7.65. The van der Waals surface area contributed by atoms with Crippen molar-refractivity contribution >= 4 is 22.4 Å². The molecule has 0 radical (unpaired) electrons. The molecule has 1 heterocycles. The standard InChI is InChI=1S/C15H14N.C5H5.CH3Cl.Zr/c1-11-7-12(2)16(10-11)15-8-13-5-3-4-6-14(13)9-15;1-2-4-5-3-1;1-2;/h3-10H,1-2H3;1-3H,4H2;1H3;/q2*-1;;+2. The minimum absolute atomic E-state index is 0. The molecule has 0 unspecified atom stereocenters.